The van der Waals surface area contributed by atoms with Crippen molar-refractivity contribution in [2.45, 2.75) is 45.0 Å². The van der Waals surface area contributed by atoms with Gasteiger partial charge in [0.25, 0.3) is 5.92 Å². The number of carbonyl (C=O) groups excluding carboxylic acids is 1. The van der Waals surface area contributed by atoms with Crippen molar-refractivity contribution in [1.82, 2.24) is 9.97 Å². The van der Waals surface area contributed by atoms with Crippen molar-refractivity contribution in [3.05, 3.63) is 23.8 Å². The first kappa shape index (κ1) is 14.5. The van der Waals surface area contributed by atoms with Gasteiger partial charge in [0.05, 0.1) is 5.41 Å². The molecule has 2 N–H and O–H groups in total. The molecule has 0 unspecified atom stereocenters. The Balaban J connectivity index is 0.000000771. The Morgan fingerprint density at radius 2 is 2.00 bits per heavy atom. The lowest BCUT2D eigenvalue weighted by Crippen LogP contribution is -2.31. The summed E-state index contributed by atoms with van der Waals surface area (Å²) in [6.07, 6.45) is 3.28. The molecule has 1 aromatic heterocycles. The molecule has 1 aromatic rings. The Hall–Kier alpha value is -1.59. The Bertz CT molecular complexity index is 439. The van der Waals surface area contributed by atoms with Crippen molar-refractivity contribution in [3.63, 3.8) is 0 Å². The molecule has 1 saturated carbocycles. The summed E-state index contributed by atoms with van der Waals surface area (Å²) in [5.41, 5.74) is 4.02. The zero-order chi connectivity index (χ0) is 14.0. The van der Waals surface area contributed by atoms with E-state index in [1.807, 2.05) is 13.8 Å². The summed E-state index contributed by atoms with van der Waals surface area (Å²) in [7, 11) is 0. The summed E-state index contributed by atoms with van der Waals surface area (Å²) in [6.45, 7) is 4.75. The van der Waals surface area contributed by atoms with Crippen LogP contribution in [0.25, 0.3) is 0 Å². The number of nitrogens with two attached hydrogens (primary N) is 1. The fourth-order valence-electron chi connectivity index (χ4n) is 1.80. The first-order chi connectivity index (χ1) is 8.38. The van der Waals surface area contributed by atoms with Gasteiger partial charge in [-0.25, -0.2) is 9.97 Å². The van der Waals surface area contributed by atoms with Crippen LogP contribution in [0.2, 0.25) is 0 Å². The maximum Gasteiger partial charge on any atom is 0.287 e. The molecule has 0 aliphatic heterocycles. The summed E-state index contributed by atoms with van der Waals surface area (Å²) in [5.74, 6) is -3.68. The standard InChI is InChI=1S/C10H11F2N3O.C2H6/c1-9(11,12)7-6(4-14-5-15-7)10(2-3-10)8(13)16;1-2/h4-5H,2-3H2,1H3,(H2,13,16);1-2H3. The molecule has 0 radical (unpaired) electrons. The van der Waals surface area contributed by atoms with Crippen molar-refractivity contribution < 1.29 is 13.6 Å². The highest BCUT2D eigenvalue weighted by Gasteiger charge is 2.53. The summed E-state index contributed by atoms with van der Waals surface area (Å²) in [6, 6.07) is 0. The minimum atomic E-state index is -3.09. The van der Waals surface area contributed by atoms with Gasteiger partial charge < -0.3 is 5.73 Å². The van der Waals surface area contributed by atoms with Gasteiger partial charge in [0.1, 0.15) is 12.0 Å². The van der Waals surface area contributed by atoms with Crippen molar-refractivity contribution >= 4 is 5.91 Å². The van der Waals surface area contributed by atoms with Gasteiger partial charge in [0, 0.05) is 18.7 Å². The highest BCUT2D eigenvalue weighted by atomic mass is 19.3. The fourth-order valence-corrected chi connectivity index (χ4v) is 1.80. The number of carbonyl (C=O) groups is 1. The molecule has 0 aromatic carbocycles. The number of rotatable bonds is 3. The normalized spacial score (nSPS) is 16.5. The van der Waals surface area contributed by atoms with E-state index in [1.54, 1.807) is 0 Å². The molecule has 1 fully saturated rings. The van der Waals surface area contributed by atoms with Crippen LogP contribution in [0.3, 0.4) is 0 Å². The van der Waals surface area contributed by atoms with Crippen molar-refractivity contribution in [3.8, 4) is 0 Å². The third-order valence-corrected chi connectivity index (χ3v) is 2.87. The topological polar surface area (TPSA) is 68.9 Å². The average Bonchev–Trinajstić information content (AvgIpc) is 3.12. The van der Waals surface area contributed by atoms with E-state index in [0.717, 1.165) is 13.3 Å². The first-order valence-corrected chi connectivity index (χ1v) is 5.86. The van der Waals surface area contributed by atoms with E-state index < -0.39 is 22.9 Å². The lowest BCUT2D eigenvalue weighted by Gasteiger charge is -2.18. The lowest BCUT2D eigenvalue weighted by molar-refractivity contribution is -0.120. The van der Waals surface area contributed by atoms with Gasteiger partial charge in [0.2, 0.25) is 5.91 Å². The van der Waals surface area contributed by atoms with E-state index in [4.69, 9.17) is 5.73 Å². The number of primary amides is 1. The summed E-state index contributed by atoms with van der Waals surface area (Å²) in [5, 5.41) is 0. The maximum atomic E-state index is 13.3. The van der Waals surface area contributed by atoms with E-state index in [-0.39, 0.29) is 5.56 Å². The zero-order valence-corrected chi connectivity index (χ0v) is 10.7. The maximum absolute atomic E-state index is 13.3. The van der Waals surface area contributed by atoms with Gasteiger partial charge in [0.15, 0.2) is 0 Å². The van der Waals surface area contributed by atoms with E-state index >= 15 is 0 Å². The van der Waals surface area contributed by atoms with Gasteiger partial charge in [-0.3, -0.25) is 4.79 Å². The monoisotopic (exact) mass is 257 g/mol. The molecule has 1 aliphatic rings. The predicted molar refractivity (Wildman–Crippen MR) is 63.1 cm³/mol. The minimum absolute atomic E-state index is 0.162. The third-order valence-electron chi connectivity index (χ3n) is 2.87. The number of aromatic nitrogens is 2. The second-order valence-corrected chi connectivity index (χ2v) is 4.12. The number of hydrogen-bond acceptors (Lipinski definition) is 3. The van der Waals surface area contributed by atoms with Crippen LogP contribution < -0.4 is 5.73 Å². The molecule has 100 valence electrons. The Morgan fingerprint density at radius 3 is 2.39 bits per heavy atom. The number of nitrogens with zero attached hydrogens (tertiary/aromatic N) is 2. The van der Waals surface area contributed by atoms with Crippen LogP contribution in [-0.4, -0.2) is 15.9 Å². The molecular weight excluding hydrogens is 240 g/mol. The Morgan fingerprint density at radius 1 is 1.44 bits per heavy atom. The van der Waals surface area contributed by atoms with Gasteiger partial charge in [-0.2, -0.15) is 8.78 Å². The summed E-state index contributed by atoms with van der Waals surface area (Å²) >= 11 is 0. The van der Waals surface area contributed by atoms with Crippen molar-refractivity contribution in [1.29, 1.82) is 0 Å². The van der Waals surface area contributed by atoms with E-state index in [9.17, 15) is 13.6 Å². The molecule has 1 amide bonds. The number of halogens is 2. The van der Waals surface area contributed by atoms with Gasteiger partial charge in [-0.15, -0.1) is 0 Å². The van der Waals surface area contributed by atoms with Gasteiger partial charge >= 0.3 is 0 Å². The molecular formula is C12H17F2N3O. The molecule has 2 rings (SSSR count). The molecule has 0 spiro atoms. The minimum Gasteiger partial charge on any atom is -0.369 e. The fraction of sp³-hybridized carbons (Fsp3) is 0.583. The van der Waals surface area contributed by atoms with Crippen LogP contribution in [-0.2, 0) is 16.1 Å². The molecule has 6 heteroatoms. The van der Waals surface area contributed by atoms with Crippen molar-refractivity contribution in [2.24, 2.45) is 5.73 Å². The highest BCUT2D eigenvalue weighted by molar-refractivity contribution is 5.90. The quantitative estimate of drug-likeness (QED) is 0.901. The van der Waals surface area contributed by atoms with Crippen LogP contribution in [0, 0.1) is 0 Å². The van der Waals surface area contributed by atoms with Crippen LogP contribution in [0.4, 0.5) is 8.78 Å². The molecule has 4 nitrogen and oxygen atoms in total. The van der Waals surface area contributed by atoms with Crippen LogP contribution in [0.1, 0.15) is 44.9 Å². The average molecular weight is 257 g/mol. The lowest BCUT2D eigenvalue weighted by atomic mass is 9.93. The second-order valence-electron chi connectivity index (χ2n) is 4.12. The molecule has 0 saturated heterocycles. The Kier molecular flexibility index (Phi) is 3.98. The van der Waals surface area contributed by atoms with Crippen molar-refractivity contribution in [2.75, 3.05) is 0 Å². The van der Waals surface area contributed by atoms with Gasteiger partial charge in [-0.05, 0) is 12.8 Å². The number of amides is 1. The SMILES string of the molecule is CC.CC(F)(F)c1ncncc1C1(C(N)=O)CC1. The third kappa shape index (κ3) is 2.47. The highest BCUT2D eigenvalue weighted by Crippen LogP contribution is 2.50. The second kappa shape index (κ2) is 4.96. The molecule has 1 aliphatic carbocycles. The van der Waals surface area contributed by atoms with E-state index in [0.29, 0.717) is 12.8 Å². The van der Waals surface area contributed by atoms with Gasteiger partial charge in [-0.1, -0.05) is 13.8 Å². The molecule has 0 atom stereocenters. The smallest absolute Gasteiger partial charge is 0.287 e. The van der Waals surface area contributed by atoms with Crippen LogP contribution in [0.15, 0.2) is 12.5 Å². The number of alkyl halides is 2. The molecule has 1 heterocycles. The largest absolute Gasteiger partial charge is 0.369 e. The Labute approximate surface area is 105 Å². The predicted octanol–water partition coefficient (Wildman–Crippen LogP) is 2.13. The zero-order valence-electron chi connectivity index (χ0n) is 10.7. The van der Waals surface area contributed by atoms with E-state index in [2.05, 4.69) is 9.97 Å². The number of hydrogen-bond donors (Lipinski definition) is 1. The van der Waals surface area contributed by atoms with E-state index in [1.165, 1.54) is 6.20 Å². The summed E-state index contributed by atoms with van der Waals surface area (Å²) in [4.78, 5) is 18.5. The van der Waals surface area contributed by atoms with Crippen LogP contribution >= 0.6 is 0 Å². The molecule has 18 heavy (non-hydrogen) atoms. The summed E-state index contributed by atoms with van der Waals surface area (Å²) < 4.78 is 26.6. The molecule has 0 bridgehead atoms. The van der Waals surface area contributed by atoms with Crippen LogP contribution in [0.5, 0.6) is 0 Å². The first-order valence-electron chi connectivity index (χ1n) is 5.86.